The van der Waals surface area contributed by atoms with E-state index in [0.29, 0.717) is 13.0 Å². The highest BCUT2D eigenvalue weighted by Crippen LogP contribution is 2.42. The fourth-order valence-electron chi connectivity index (χ4n) is 4.71. The van der Waals surface area contributed by atoms with Crippen molar-refractivity contribution in [3.05, 3.63) is 59.0 Å². The molecule has 0 bridgehead atoms. The minimum atomic E-state index is -0.254. The van der Waals surface area contributed by atoms with Crippen molar-refractivity contribution in [2.45, 2.75) is 58.5 Å². The molecule has 1 aromatic carbocycles. The van der Waals surface area contributed by atoms with Crippen LogP contribution in [-0.4, -0.2) is 29.9 Å². The summed E-state index contributed by atoms with van der Waals surface area (Å²) in [6, 6.07) is 11.3. The second-order valence-corrected chi connectivity index (χ2v) is 9.36. The molecule has 0 radical (unpaired) electrons. The van der Waals surface area contributed by atoms with Crippen LogP contribution in [0, 0.1) is 12.3 Å². The molecule has 2 aromatic rings. The third kappa shape index (κ3) is 4.53. The van der Waals surface area contributed by atoms with E-state index in [2.05, 4.69) is 24.5 Å². The van der Waals surface area contributed by atoms with Gasteiger partial charge in [0, 0.05) is 31.5 Å². The van der Waals surface area contributed by atoms with Gasteiger partial charge in [0.2, 0.25) is 5.91 Å². The average molecular weight is 410 g/mol. The molecule has 2 unspecified atom stereocenters. The van der Waals surface area contributed by atoms with Crippen LogP contribution < -0.4 is 10.6 Å². The van der Waals surface area contributed by atoms with Crippen molar-refractivity contribution in [3.63, 3.8) is 0 Å². The van der Waals surface area contributed by atoms with Crippen LogP contribution in [0.4, 0.5) is 4.79 Å². The molecule has 160 valence electrons. The second-order valence-electron chi connectivity index (χ2n) is 9.36. The molecular formula is C24H31N3O3. The number of carbonyl (C=O) groups excluding carboxylic acids is 2. The van der Waals surface area contributed by atoms with E-state index in [0.717, 1.165) is 48.5 Å². The molecule has 0 saturated carbocycles. The third-order valence-corrected chi connectivity index (χ3v) is 6.12. The molecule has 6 heteroatoms. The first-order valence-electron chi connectivity index (χ1n) is 10.8. The number of amides is 3. The maximum atomic E-state index is 13.0. The number of nitrogens with one attached hydrogen (secondary N) is 2. The molecule has 4 rings (SSSR count). The summed E-state index contributed by atoms with van der Waals surface area (Å²) in [6.45, 7) is 7.58. The predicted octanol–water partition coefficient (Wildman–Crippen LogP) is 4.26. The first kappa shape index (κ1) is 20.5. The van der Waals surface area contributed by atoms with Crippen molar-refractivity contribution in [1.82, 2.24) is 15.5 Å². The summed E-state index contributed by atoms with van der Waals surface area (Å²) >= 11 is 0. The molecular weight excluding hydrogens is 378 g/mol. The maximum Gasteiger partial charge on any atom is 0.315 e. The van der Waals surface area contributed by atoms with E-state index < -0.39 is 0 Å². The highest BCUT2D eigenvalue weighted by atomic mass is 16.3. The largest absolute Gasteiger partial charge is 0.466 e. The fourth-order valence-corrected chi connectivity index (χ4v) is 4.71. The predicted molar refractivity (Wildman–Crippen MR) is 115 cm³/mol. The first-order valence-corrected chi connectivity index (χ1v) is 10.8. The zero-order valence-electron chi connectivity index (χ0n) is 18.0. The summed E-state index contributed by atoms with van der Waals surface area (Å²) < 4.78 is 5.89. The number of carbonyl (C=O) groups is 2. The van der Waals surface area contributed by atoms with Crippen molar-refractivity contribution < 1.29 is 14.0 Å². The number of fused-ring (bicyclic) bond motifs is 1. The van der Waals surface area contributed by atoms with Gasteiger partial charge in [-0.05, 0) is 36.8 Å². The topological polar surface area (TPSA) is 74.6 Å². The summed E-state index contributed by atoms with van der Waals surface area (Å²) in [5.74, 6) is 2.00. The van der Waals surface area contributed by atoms with E-state index in [1.807, 2.05) is 48.2 Å². The number of benzene rings is 1. The van der Waals surface area contributed by atoms with Gasteiger partial charge in [0.1, 0.15) is 11.5 Å². The lowest BCUT2D eigenvalue weighted by atomic mass is 9.75. The molecule has 30 heavy (non-hydrogen) atoms. The van der Waals surface area contributed by atoms with Gasteiger partial charge < -0.3 is 20.0 Å². The number of nitrogens with zero attached hydrogens (tertiary/aromatic N) is 1. The van der Waals surface area contributed by atoms with Crippen LogP contribution in [0.15, 0.2) is 40.8 Å². The summed E-state index contributed by atoms with van der Waals surface area (Å²) in [5, 5.41) is 6.29. The van der Waals surface area contributed by atoms with Gasteiger partial charge in [-0.25, -0.2) is 4.79 Å². The lowest BCUT2D eigenvalue weighted by Crippen LogP contribution is -2.45. The third-order valence-electron chi connectivity index (χ3n) is 6.12. The molecule has 1 aliphatic carbocycles. The van der Waals surface area contributed by atoms with Gasteiger partial charge in [-0.1, -0.05) is 44.2 Å². The Labute approximate surface area is 178 Å². The quantitative estimate of drug-likeness (QED) is 0.775. The highest BCUT2D eigenvalue weighted by molar-refractivity contribution is 5.78. The highest BCUT2D eigenvalue weighted by Gasteiger charge is 2.36. The zero-order valence-corrected chi connectivity index (χ0v) is 18.0. The second kappa shape index (κ2) is 8.17. The molecule has 2 atom stereocenters. The summed E-state index contributed by atoms with van der Waals surface area (Å²) in [6.07, 6.45) is 3.20. The van der Waals surface area contributed by atoms with Crippen molar-refractivity contribution in [2.75, 3.05) is 13.1 Å². The van der Waals surface area contributed by atoms with Gasteiger partial charge in [-0.3, -0.25) is 4.79 Å². The summed E-state index contributed by atoms with van der Waals surface area (Å²) in [5.41, 5.74) is 2.12. The van der Waals surface area contributed by atoms with E-state index >= 15 is 0 Å². The number of hydrogen-bond acceptors (Lipinski definition) is 3. The Morgan fingerprint density at radius 1 is 1.30 bits per heavy atom. The zero-order chi connectivity index (χ0) is 21.3. The van der Waals surface area contributed by atoms with E-state index in [9.17, 15) is 9.59 Å². The summed E-state index contributed by atoms with van der Waals surface area (Å²) in [7, 11) is 0. The first-order chi connectivity index (χ1) is 14.3. The van der Waals surface area contributed by atoms with Gasteiger partial charge in [-0.15, -0.1) is 0 Å². The summed E-state index contributed by atoms with van der Waals surface area (Å²) in [4.78, 5) is 27.0. The Kier molecular flexibility index (Phi) is 5.58. The van der Waals surface area contributed by atoms with Crippen LogP contribution in [0.3, 0.4) is 0 Å². The molecule has 2 heterocycles. The van der Waals surface area contributed by atoms with E-state index in [4.69, 9.17) is 4.42 Å². The number of furan rings is 1. The average Bonchev–Trinajstić information content (AvgIpc) is 3.25. The van der Waals surface area contributed by atoms with Crippen LogP contribution >= 0.6 is 0 Å². The minimum absolute atomic E-state index is 0.0516. The number of hydrogen-bond donors (Lipinski definition) is 2. The normalized spacial score (nSPS) is 21.2. The van der Waals surface area contributed by atoms with Gasteiger partial charge in [0.05, 0.1) is 12.1 Å². The van der Waals surface area contributed by atoms with Gasteiger partial charge in [0.25, 0.3) is 0 Å². The molecule has 1 aromatic heterocycles. The van der Waals surface area contributed by atoms with E-state index in [1.165, 1.54) is 0 Å². The molecule has 1 fully saturated rings. The van der Waals surface area contributed by atoms with Crippen LogP contribution in [0.2, 0.25) is 0 Å². The lowest BCUT2D eigenvalue weighted by molar-refractivity contribution is -0.128. The fraction of sp³-hybridized carbons (Fsp3) is 0.500. The van der Waals surface area contributed by atoms with Crippen LogP contribution in [0.5, 0.6) is 0 Å². The van der Waals surface area contributed by atoms with E-state index in [1.54, 1.807) is 0 Å². The van der Waals surface area contributed by atoms with Gasteiger partial charge in [-0.2, -0.15) is 0 Å². The molecule has 0 spiro atoms. The van der Waals surface area contributed by atoms with Crippen LogP contribution in [0.1, 0.15) is 67.8 Å². The molecule has 3 amide bonds. The standard InChI is InChI=1S/C24H31N3O3/c1-16-12-18-19(13-24(2,3)14-21(18)30-16)25-23(29)26-20(17-8-5-4-6-9-17)15-27-11-7-10-22(27)28/h4-6,8-9,12,19-20H,7,10-11,13-15H2,1-3H3,(H2,25,26,29). The van der Waals surface area contributed by atoms with Crippen molar-refractivity contribution >= 4 is 11.9 Å². The molecule has 1 saturated heterocycles. The van der Waals surface area contributed by atoms with Crippen LogP contribution in [-0.2, 0) is 11.2 Å². The van der Waals surface area contributed by atoms with Crippen molar-refractivity contribution in [3.8, 4) is 0 Å². The Balaban J connectivity index is 1.49. The van der Waals surface area contributed by atoms with Gasteiger partial charge >= 0.3 is 6.03 Å². The Hall–Kier alpha value is -2.76. The lowest BCUT2D eigenvalue weighted by Gasteiger charge is -2.35. The number of urea groups is 1. The Bertz CT molecular complexity index is 919. The molecule has 2 aliphatic rings. The molecule has 2 N–H and O–H groups in total. The Morgan fingerprint density at radius 2 is 2.07 bits per heavy atom. The smallest absolute Gasteiger partial charge is 0.315 e. The molecule has 1 aliphatic heterocycles. The monoisotopic (exact) mass is 409 g/mol. The molecule has 6 nitrogen and oxygen atoms in total. The maximum absolute atomic E-state index is 13.0. The van der Waals surface area contributed by atoms with Crippen molar-refractivity contribution in [2.24, 2.45) is 5.41 Å². The number of aryl methyl sites for hydroxylation is 1. The number of likely N-dealkylation sites (tertiary alicyclic amines) is 1. The minimum Gasteiger partial charge on any atom is -0.466 e. The SMILES string of the molecule is Cc1cc2c(o1)CC(C)(C)CC2NC(=O)NC(CN1CCCC1=O)c1ccccc1. The number of rotatable bonds is 5. The van der Waals surface area contributed by atoms with E-state index in [-0.39, 0.29) is 29.4 Å². The van der Waals surface area contributed by atoms with Crippen molar-refractivity contribution in [1.29, 1.82) is 0 Å². The Morgan fingerprint density at radius 3 is 2.77 bits per heavy atom. The van der Waals surface area contributed by atoms with Crippen LogP contribution in [0.25, 0.3) is 0 Å². The van der Waals surface area contributed by atoms with Gasteiger partial charge in [0.15, 0.2) is 0 Å².